The molecule has 0 bridgehead atoms. The van der Waals surface area contributed by atoms with Crippen molar-refractivity contribution >= 4 is 11.6 Å². The molecule has 0 saturated heterocycles. The van der Waals surface area contributed by atoms with Gasteiger partial charge in [-0.1, -0.05) is 5.16 Å². The van der Waals surface area contributed by atoms with Gasteiger partial charge in [-0.05, 0) is 12.1 Å². The summed E-state index contributed by atoms with van der Waals surface area (Å²) in [6.07, 6.45) is 1.35. The van der Waals surface area contributed by atoms with Gasteiger partial charge in [0.2, 0.25) is 5.82 Å². The summed E-state index contributed by atoms with van der Waals surface area (Å²) in [5.41, 5.74) is -0.240. The zero-order chi connectivity index (χ0) is 13.8. The summed E-state index contributed by atoms with van der Waals surface area (Å²) in [6.45, 7) is 0.112. The molecule has 1 aromatic heterocycles. The average Bonchev–Trinajstić information content (AvgIpc) is 2.89. The summed E-state index contributed by atoms with van der Waals surface area (Å²) < 4.78 is 17.7. The van der Waals surface area contributed by atoms with Gasteiger partial charge in [0.05, 0.1) is 11.5 Å². The molecule has 1 aromatic carbocycles. The Hall–Kier alpha value is -2.77. The first kappa shape index (κ1) is 12.7. The van der Waals surface area contributed by atoms with Crippen molar-refractivity contribution in [3.8, 4) is 0 Å². The van der Waals surface area contributed by atoms with Gasteiger partial charge in [0, 0.05) is 17.7 Å². The predicted molar refractivity (Wildman–Crippen MR) is 60.7 cm³/mol. The highest BCUT2D eigenvalue weighted by molar-refractivity contribution is 5.94. The van der Waals surface area contributed by atoms with Crippen LogP contribution < -0.4 is 5.32 Å². The first-order chi connectivity index (χ1) is 9.08. The SMILES string of the molecule is O=C(NCc1ccon1)c1ccc(F)c([N+](=O)[O-])c1. The van der Waals surface area contributed by atoms with E-state index in [1.54, 1.807) is 6.07 Å². The van der Waals surface area contributed by atoms with E-state index in [0.29, 0.717) is 5.69 Å². The highest BCUT2D eigenvalue weighted by atomic mass is 19.1. The molecule has 0 aliphatic rings. The minimum atomic E-state index is -0.988. The van der Waals surface area contributed by atoms with E-state index >= 15 is 0 Å². The fourth-order valence-corrected chi connectivity index (χ4v) is 1.40. The summed E-state index contributed by atoms with van der Waals surface area (Å²) in [7, 11) is 0. The van der Waals surface area contributed by atoms with Gasteiger partial charge < -0.3 is 9.84 Å². The zero-order valence-electron chi connectivity index (χ0n) is 9.50. The molecule has 7 nitrogen and oxygen atoms in total. The Balaban J connectivity index is 2.11. The fraction of sp³-hybridized carbons (Fsp3) is 0.0909. The van der Waals surface area contributed by atoms with Crippen LogP contribution in [0, 0.1) is 15.9 Å². The number of nitrogens with one attached hydrogen (secondary N) is 1. The molecule has 8 heteroatoms. The Kier molecular flexibility index (Phi) is 3.51. The summed E-state index contributed by atoms with van der Waals surface area (Å²) in [6, 6.07) is 4.49. The third-order valence-corrected chi connectivity index (χ3v) is 2.33. The molecule has 0 saturated carbocycles. The molecule has 0 fully saturated rings. The maximum Gasteiger partial charge on any atom is 0.305 e. The predicted octanol–water partition coefficient (Wildman–Crippen LogP) is 1.65. The number of amides is 1. The number of nitro benzene ring substituents is 1. The number of rotatable bonds is 4. The van der Waals surface area contributed by atoms with Crippen LogP contribution >= 0.6 is 0 Å². The molecule has 0 unspecified atom stereocenters. The molecular formula is C11H8FN3O4. The van der Waals surface area contributed by atoms with Gasteiger partial charge in [0.15, 0.2) is 0 Å². The van der Waals surface area contributed by atoms with Crippen molar-refractivity contribution in [3.05, 3.63) is 57.7 Å². The standard InChI is InChI=1S/C11H8FN3O4/c12-9-2-1-7(5-10(9)15(17)18)11(16)13-6-8-3-4-19-14-8/h1-5H,6H2,(H,13,16). The first-order valence-corrected chi connectivity index (χ1v) is 5.19. The number of benzene rings is 1. The van der Waals surface area contributed by atoms with Gasteiger partial charge in [-0.2, -0.15) is 4.39 Å². The minimum Gasteiger partial charge on any atom is -0.364 e. The molecule has 2 rings (SSSR count). The molecule has 0 radical (unpaired) electrons. The van der Waals surface area contributed by atoms with E-state index in [4.69, 9.17) is 0 Å². The second-order valence-corrected chi connectivity index (χ2v) is 3.60. The molecule has 1 amide bonds. The monoisotopic (exact) mass is 265 g/mol. The van der Waals surface area contributed by atoms with Crippen LogP contribution in [0.25, 0.3) is 0 Å². The number of carbonyl (C=O) groups excluding carboxylic acids is 1. The molecule has 0 aliphatic heterocycles. The van der Waals surface area contributed by atoms with E-state index in [9.17, 15) is 19.3 Å². The second-order valence-electron chi connectivity index (χ2n) is 3.60. The van der Waals surface area contributed by atoms with Crippen LogP contribution in [0.15, 0.2) is 35.1 Å². The number of nitro groups is 1. The van der Waals surface area contributed by atoms with Crippen LogP contribution in [-0.2, 0) is 6.54 Å². The van der Waals surface area contributed by atoms with Crippen molar-refractivity contribution in [2.24, 2.45) is 0 Å². The molecule has 98 valence electrons. The maximum atomic E-state index is 13.1. The molecule has 0 aliphatic carbocycles. The lowest BCUT2D eigenvalue weighted by Crippen LogP contribution is -2.23. The second kappa shape index (κ2) is 5.25. The topological polar surface area (TPSA) is 98.3 Å². The lowest BCUT2D eigenvalue weighted by molar-refractivity contribution is -0.387. The quantitative estimate of drug-likeness (QED) is 0.669. The van der Waals surface area contributed by atoms with Crippen molar-refractivity contribution in [1.29, 1.82) is 0 Å². The summed E-state index contributed by atoms with van der Waals surface area (Å²) in [5.74, 6) is -1.55. The molecule has 1 heterocycles. The van der Waals surface area contributed by atoms with Gasteiger partial charge in [0.1, 0.15) is 12.0 Å². The molecular weight excluding hydrogens is 257 g/mol. The third kappa shape index (κ3) is 2.92. The first-order valence-electron chi connectivity index (χ1n) is 5.19. The van der Waals surface area contributed by atoms with Crippen molar-refractivity contribution in [2.75, 3.05) is 0 Å². The molecule has 2 aromatic rings. The highest BCUT2D eigenvalue weighted by Crippen LogP contribution is 2.18. The van der Waals surface area contributed by atoms with Crippen LogP contribution in [0.3, 0.4) is 0 Å². The summed E-state index contributed by atoms with van der Waals surface area (Å²) >= 11 is 0. The molecule has 19 heavy (non-hydrogen) atoms. The Labute approximate surface area is 106 Å². The number of nitrogens with zero attached hydrogens (tertiary/aromatic N) is 2. The Morgan fingerprint density at radius 3 is 2.89 bits per heavy atom. The number of halogens is 1. The Morgan fingerprint density at radius 1 is 1.47 bits per heavy atom. The van der Waals surface area contributed by atoms with Crippen LogP contribution in [0.5, 0.6) is 0 Å². The molecule has 0 spiro atoms. The number of carbonyl (C=O) groups is 1. The van der Waals surface area contributed by atoms with Gasteiger partial charge in [-0.15, -0.1) is 0 Å². The van der Waals surface area contributed by atoms with E-state index in [0.717, 1.165) is 12.1 Å². The largest absolute Gasteiger partial charge is 0.364 e. The zero-order valence-corrected chi connectivity index (χ0v) is 9.50. The minimum absolute atomic E-state index is 0.00315. The summed E-state index contributed by atoms with van der Waals surface area (Å²) in [5, 5.41) is 16.6. The maximum absolute atomic E-state index is 13.1. The molecule has 1 N–H and O–H groups in total. The number of hydrogen-bond acceptors (Lipinski definition) is 5. The number of aromatic nitrogens is 1. The van der Waals surface area contributed by atoms with Crippen molar-refractivity contribution in [2.45, 2.75) is 6.54 Å². The summed E-state index contributed by atoms with van der Waals surface area (Å²) in [4.78, 5) is 21.4. The van der Waals surface area contributed by atoms with Crippen LogP contribution in [0.1, 0.15) is 16.1 Å². The van der Waals surface area contributed by atoms with Gasteiger partial charge >= 0.3 is 5.69 Å². The van der Waals surface area contributed by atoms with Gasteiger partial charge in [0.25, 0.3) is 5.91 Å². The van der Waals surface area contributed by atoms with E-state index < -0.39 is 22.3 Å². The van der Waals surface area contributed by atoms with Crippen molar-refractivity contribution < 1.29 is 18.6 Å². The highest BCUT2D eigenvalue weighted by Gasteiger charge is 2.17. The van der Waals surface area contributed by atoms with Gasteiger partial charge in [-0.25, -0.2) is 0 Å². The third-order valence-electron chi connectivity index (χ3n) is 2.33. The van der Waals surface area contributed by atoms with E-state index in [1.807, 2.05) is 0 Å². The van der Waals surface area contributed by atoms with Crippen LogP contribution in [0.4, 0.5) is 10.1 Å². The smallest absolute Gasteiger partial charge is 0.305 e. The van der Waals surface area contributed by atoms with E-state index in [1.165, 1.54) is 12.3 Å². The Morgan fingerprint density at radius 2 is 2.26 bits per heavy atom. The average molecular weight is 265 g/mol. The van der Waals surface area contributed by atoms with Crippen LogP contribution in [-0.4, -0.2) is 16.0 Å². The van der Waals surface area contributed by atoms with Gasteiger partial charge in [-0.3, -0.25) is 14.9 Å². The van der Waals surface area contributed by atoms with Crippen LogP contribution in [0.2, 0.25) is 0 Å². The lowest BCUT2D eigenvalue weighted by atomic mass is 10.2. The van der Waals surface area contributed by atoms with Crippen molar-refractivity contribution in [1.82, 2.24) is 10.5 Å². The van der Waals surface area contributed by atoms with E-state index in [-0.39, 0.29) is 12.1 Å². The number of hydrogen-bond donors (Lipinski definition) is 1. The van der Waals surface area contributed by atoms with E-state index in [2.05, 4.69) is 15.0 Å². The lowest BCUT2D eigenvalue weighted by Gasteiger charge is -2.03. The fourth-order valence-electron chi connectivity index (χ4n) is 1.40. The Bertz CT molecular complexity index is 612. The van der Waals surface area contributed by atoms with Crippen molar-refractivity contribution in [3.63, 3.8) is 0 Å². The normalized spacial score (nSPS) is 10.2. The molecule has 0 atom stereocenters.